The first-order valence-corrected chi connectivity index (χ1v) is 22.9. The SMILES string of the molecule is CCCCCCCCC=CCCCCCCCCOCC(COCCCCCCCCC=CCCCCCCCC)OC(=O)NCCN1CCCC1. The number of ether oxygens (including phenoxy) is 3. The minimum atomic E-state index is -0.366. The van der Waals surface area contributed by atoms with Crippen LogP contribution in [-0.4, -0.2) is 69.7 Å². The zero-order valence-electron chi connectivity index (χ0n) is 34.8. The van der Waals surface area contributed by atoms with Crippen LogP contribution < -0.4 is 5.32 Å². The predicted octanol–water partition coefficient (Wildman–Crippen LogP) is 13.3. The highest BCUT2D eigenvalue weighted by atomic mass is 16.6. The van der Waals surface area contributed by atoms with E-state index >= 15 is 0 Å². The lowest BCUT2D eigenvalue weighted by Gasteiger charge is -2.20. The molecule has 0 bridgehead atoms. The summed E-state index contributed by atoms with van der Waals surface area (Å²) in [5.41, 5.74) is 0. The lowest BCUT2D eigenvalue weighted by molar-refractivity contribution is -0.0292. The van der Waals surface area contributed by atoms with Gasteiger partial charge in [0.2, 0.25) is 0 Å². The third-order valence-corrected chi connectivity index (χ3v) is 10.4. The van der Waals surface area contributed by atoms with E-state index in [0.29, 0.717) is 33.0 Å². The van der Waals surface area contributed by atoms with Gasteiger partial charge in [0.1, 0.15) is 0 Å². The number of nitrogens with zero attached hydrogens (tertiary/aromatic N) is 1. The average Bonchev–Trinajstić information content (AvgIpc) is 3.67. The van der Waals surface area contributed by atoms with Gasteiger partial charge in [0.25, 0.3) is 0 Å². The fourth-order valence-corrected chi connectivity index (χ4v) is 6.96. The molecule has 1 amide bonds. The Morgan fingerprint density at radius 1 is 0.538 bits per heavy atom. The van der Waals surface area contributed by atoms with Crippen LogP contribution in [0.3, 0.4) is 0 Å². The molecule has 1 heterocycles. The Bertz CT molecular complexity index is 736. The molecule has 1 aliphatic rings. The van der Waals surface area contributed by atoms with Gasteiger partial charge in [0.15, 0.2) is 6.10 Å². The molecule has 0 atom stereocenters. The Morgan fingerprint density at radius 3 is 1.31 bits per heavy atom. The molecule has 1 fully saturated rings. The van der Waals surface area contributed by atoms with Crippen LogP contribution in [0, 0.1) is 0 Å². The van der Waals surface area contributed by atoms with E-state index in [4.69, 9.17) is 14.2 Å². The first-order chi connectivity index (χ1) is 25.8. The number of nitrogens with one attached hydrogen (secondary N) is 1. The molecule has 6 heteroatoms. The van der Waals surface area contributed by atoms with Crippen molar-refractivity contribution in [2.24, 2.45) is 0 Å². The van der Waals surface area contributed by atoms with Crippen molar-refractivity contribution in [1.82, 2.24) is 10.2 Å². The lowest BCUT2D eigenvalue weighted by atomic mass is 10.1. The maximum atomic E-state index is 12.5. The standard InChI is InChI=1S/C46H88N2O4/c1-3-5-7-9-11-13-15-17-19-21-23-25-27-29-31-35-41-50-43-45(52-46(49)47-37-40-48-38-33-34-39-48)44-51-42-36-32-30-28-26-24-22-20-18-16-14-12-10-8-6-4-2/h17-20,45H,3-16,21-44H2,1-2H3,(H,47,49). The quantitative estimate of drug-likeness (QED) is 0.0502. The molecule has 1 N–H and O–H groups in total. The molecule has 1 aliphatic heterocycles. The van der Waals surface area contributed by atoms with Crippen LogP contribution in [0.25, 0.3) is 0 Å². The largest absolute Gasteiger partial charge is 0.441 e. The van der Waals surface area contributed by atoms with E-state index in [1.54, 1.807) is 0 Å². The van der Waals surface area contributed by atoms with Gasteiger partial charge in [-0.25, -0.2) is 4.79 Å². The highest BCUT2D eigenvalue weighted by molar-refractivity contribution is 5.67. The van der Waals surface area contributed by atoms with E-state index in [1.165, 1.54) is 180 Å². The van der Waals surface area contributed by atoms with Crippen molar-refractivity contribution in [2.75, 3.05) is 52.6 Å². The fourth-order valence-electron chi connectivity index (χ4n) is 6.96. The summed E-state index contributed by atoms with van der Waals surface area (Å²) in [6.07, 6.45) is 47.8. The first-order valence-electron chi connectivity index (χ1n) is 22.9. The van der Waals surface area contributed by atoms with Gasteiger partial charge in [-0.2, -0.15) is 0 Å². The number of unbranched alkanes of at least 4 members (excludes halogenated alkanes) is 24. The highest BCUT2D eigenvalue weighted by Crippen LogP contribution is 2.12. The van der Waals surface area contributed by atoms with Crippen molar-refractivity contribution in [3.8, 4) is 0 Å². The summed E-state index contributed by atoms with van der Waals surface area (Å²) in [5.74, 6) is 0. The maximum absolute atomic E-state index is 12.5. The third kappa shape index (κ3) is 35.6. The summed E-state index contributed by atoms with van der Waals surface area (Å²) in [5, 5.41) is 2.94. The molecule has 0 spiro atoms. The second kappa shape index (κ2) is 40.8. The zero-order valence-corrected chi connectivity index (χ0v) is 34.8. The van der Waals surface area contributed by atoms with Crippen molar-refractivity contribution in [1.29, 1.82) is 0 Å². The number of allylic oxidation sites excluding steroid dienone is 4. The number of alkyl carbamates (subject to hydrolysis) is 1. The minimum Gasteiger partial charge on any atom is -0.441 e. The Kier molecular flexibility index (Phi) is 38.2. The molecule has 0 aliphatic carbocycles. The number of likely N-dealkylation sites (tertiary alicyclic amines) is 1. The molecule has 0 aromatic heterocycles. The van der Waals surface area contributed by atoms with Gasteiger partial charge in [0, 0.05) is 26.3 Å². The number of carbonyl (C=O) groups excluding carboxylic acids is 1. The Morgan fingerprint density at radius 2 is 0.904 bits per heavy atom. The monoisotopic (exact) mass is 733 g/mol. The Hall–Kier alpha value is -1.37. The van der Waals surface area contributed by atoms with Crippen LogP contribution in [0.1, 0.15) is 206 Å². The van der Waals surface area contributed by atoms with Gasteiger partial charge < -0.3 is 24.4 Å². The lowest BCUT2D eigenvalue weighted by Crippen LogP contribution is -2.38. The van der Waals surface area contributed by atoms with E-state index in [2.05, 4.69) is 48.4 Å². The van der Waals surface area contributed by atoms with Gasteiger partial charge in [0.05, 0.1) is 13.2 Å². The Labute approximate surface area is 324 Å². The second-order valence-electron chi connectivity index (χ2n) is 15.5. The topological polar surface area (TPSA) is 60.0 Å². The van der Waals surface area contributed by atoms with Crippen molar-refractivity contribution >= 4 is 6.09 Å². The van der Waals surface area contributed by atoms with Gasteiger partial charge in [-0.05, 0) is 90.1 Å². The van der Waals surface area contributed by atoms with Crippen molar-refractivity contribution in [2.45, 2.75) is 213 Å². The van der Waals surface area contributed by atoms with E-state index < -0.39 is 0 Å². The normalized spacial score (nSPS) is 14.3. The van der Waals surface area contributed by atoms with Crippen LogP contribution in [-0.2, 0) is 14.2 Å². The van der Waals surface area contributed by atoms with Crippen LogP contribution >= 0.6 is 0 Å². The van der Waals surface area contributed by atoms with E-state index in [9.17, 15) is 4.79 Å². The molecule has 0 radical (unpaired) electrons. The van der Waals surface area contributed by atoms with Gasteiger partial charge in [-0.1, -0.05) is 154 Å². The van der Waals surface area contributed by atoms with E-state index in [1.807, 2.05) is 0 Å². The maximum Gasteiger partial charge on any atom is 0.407 e. The molecule has 0 saturated carbocycles. The molecule has 0 aromatic rings. The van der Waals surface area contributed by atoms with Crippen LogP contribution in [0.4, 0.5) is 4.79 Å². The number of hydrogen-bond donors (Lipinski definition) is 1. The van der Waals surface area contributed by atoms with Gasteiger partial charge in [-0.3, -0.25) is 0 Å². The van der Waals surface area contributed by atoms with E-state index in [0.717, 1.165) is 32.5 Å². The number of carbonyl (C=O) groups is 1. The van der Waals surface area contributed by atoms with Crippen LogP contribution in [0.2, 0.25) is 0 Å². The molecular weight excluding hydrogens is 645 g/mol. The summed E-state index contributed by atoms with van der Waals surface area (Å²) in [4.78, 5) is 14.9. The van der Waals surface area contributed by atoms with Crippen LogP contribution in [0.15, 0.2) is 24.3 Å². The van der Waals surface area contributed by atoms with Crippen molar-refractivity contribution in [3.05, 3.63) is 24.3 Å². The number of rotatable bonds is 40. The Balaban J connectivity index is 2.08. The summed E-state index contributed by atoms with van der Waals surface area (Å²) < 4.78 is 17.7. The molecule has 0 unspecified atom stereocenters. The molecule has 1 rings (SSSR count). The smallest absolute Gasteiger partial charge is 0.407 e. The summed E-state index contributed by atoms with van der Waals surface area (Å²) >= 11 is 0. The van der Waals surface area contributed by atoms with Gasteiger partial charge in [-0.15, -0.1) is 0 Å². The molecule has 306 valence electrons. The van der Waals surface area contributed by atoms with E-state index in [-0.39, 0.29) is 12.2 Å². The molecule has 1 saturated heterocycles. The summed E-state index contributed by atoms with van der Waals surface area (Å²) in [7, 11) is 0. The number of amides is 1. The summed E-state index contributed by atoms with van der Waals surface area (Å²) in [6.45, 7) is 10.6. The van der Waals surface area contributed by atoms with Crippen molar-refractivity contribution < 1.29 is 19.0 Å². The molecular formula is C46H88N2O4. The van der Waals surface area contributed by atoms with Crippen LogP contribution in [0.5, 0.6) is 0 Å². The summed E-state index contributed by atoms with van der Waals surface area (Å²) in [6, 6.07) is 0. The highest BCUT2D eigenvalue weighted by Gasteiger charge is 2.16. The fraction of sp³-hybridized carbons (Fsp3) is 0.891. The number of hydrogen-bond acceptors (Lipinski definition) is 5. The molecule has 6 nitrogen and oxygen atoms in total. The third-order valence-electron chi connectivity index (χ3n) is 10.4. The van der Waals surface area contributed by atoms with Crippen molar-refractivity contribution in [3.63, 3.8) is 0 Å². The minimum absolute atomic E-state index is 0.356. The molecule has 52 heavy (non-hydrogen) atoms. The van der Waals surface area contributed by atoms with Gasteiger partial charge >= 0.3 is 6.09 Å². The predicted molar refractivity (Wildman–Crippen MR) is 224 cm³/mol. The second-order valence-corrected chi connectivity index (χ2v) is 15.5. The average molecular weight is 733 g/mol. The molecule has 0 aromatic carbocycles. The first kappa shape index (κ1) is 48.6. The zero-order chi connectivity index (χ0) is 37.3.